The van der Waals surface area contributed by atoms with Crippen molar-refractivity contribution in [1.29, 1.82) is 0 Å². The van der Waals surface area contributed by atoms with Gasteiger partial charge in [0.25, 0.3) is 0 Å². The van der Waals surface area contributed by atoms with Crippen LogP contribution in [0.15, 0.2) is 24.4 Å². The number of aromatic amines is 1. The van der Waals surface area contributed by atoms with Crippen molar-refractivity contribution >= 4 is 22.8 Å². The van der Waals surface area contributed by atoms with Gasteiger partial charge in [0.15, 0.2) is 0 Å². The number of piperidine rings is 1. The van der Waals surface area contributed by atoms with Crippen LogP contribution in [0.1, 0.15) is 24.0 Å². The summed E-state index contributed by atoms with van der Waals surface area (Å²) in [5, 5.41) is 3.98. The summed E-state index contributed by atoms with van der Waals surface area (Å²) < 4.78 is 0. The normalized spacial score (nSPS) is 18.8. The number of amides is 3. The Morgan fingerprint density at radius 1 is 1.24 bits per heavy atom. The van der Waals surface area contributed by atoms with Crippen molar-refractivity contribution in [1.82, 2.24) is 20.1 Å². The highest BCUT2D eigenvalue weighted by atomic mass is 16.2. The molecule has 6 heteroatoms. The third-order valence-corrected chi connectivity index (χ3v) is 5.41. The molecule has 0 saturated carbocycles. The van der Waals surface area contributed by atoms with E-state index in [4.69, 9.17) is 0 Å². The van der Waals surface area contributed by atoms with Gasteiger partial charge in [0, 0.05) is 49.3 Å². The Morgan fingerprint density at radius 3 is 2.76 bits per heavy atom. The molecule has 4 rings (SSSR count). The van der Waals surface area contributed by atoms with Crippen molar-refractivity contribution in [2.75, 3.05) is 26.2 Å². The summed E-state index contributed by atoms with van der Waals surface area (Å²) >= 11 is 0. The maximum atomic E-state index is 12.7. The van der Waals surface area contributed by atoms with E-state index >= 15 is 0 Å². The molecule has 0 bridgehead atoms. The lowest BCUT2D eigenvalue weighted by Crippen LogP contribution is -2.48. The van der Waals surface area contributed by atoms with Crippen LogP contribution in [0.4, 0.5) is 4.79 Å². The fraction of sp³-hybridized carbons (Fsp3) is 0.474. The summed E-state index contributed by atoms with van der Waals surface area (Å²) in [6.07, 6.45) is 4.11. The number of rotatable bonds is 3. The van der Waals surface area contributed by atoms with Gasteiger partial charge in [-0.05, 0) is 37.0 Å². The van der Waals surface area contributed by atoms with Crippen molar-refractivity contribution in [2.45, 2.75) is 32.2 Å². The average Bonchev–Trinajstić information content (AvgIpc) is 3.21. The number of urea groups is 1. The molecule has 2 aliphatic rings. The predicted molar refractivity (Wildman–Crippen MR) is 96.4 cm³/mol. The molecule has 132 valence electrons. The summed E-state index contributed by atoms with van der Waals surface area (Å²) in [6.45, 7) is 5.05. The van der Waals surface area contributed by atoms with Gasteiger partial charge in [-0.2, -0.15) is 0 Å². The molecule has 2 saturated heterocycles. The second-order valence-electron chi connectivity index (χ2n) is 7.08. The van der Waals surface area contributed by atoms with Crippen LogP contribution in [-0.4, -0.2) is 58.9 Å². The lowest BCUT2D eigenvalue weighted by Gasteiger charge is -2.36. The van der Waals surface area contributed by atoms with Gasteiger partial charge < -0.3 is 20.1 Å². The molecule has 0 radical (unpaired) electrons. The van der Waals surface area contributed by atoms with Crippen LogP contribution in [0.25, 0.3) is 10.9 Å². The smallest absolute Gasteiger partial charge is 0.317 e. The van der Waals surface area contributed by atoms with Gasteiger partial charge in [0.05, 0.1) is 6.42 Å². The maximum Gasteiger partial charge on any atom is 0.317 e. The largest absolute Gasteiger partial charge is 0.361 e. The zero-order chi connectivity index (χ0) is 17.4. The highest BCUT2D eigenvalue weighted by Gasteiger charge is 2.31. The first-order chi connectivity index (χ1) is 12.1. The number of fused-ring (bicyclic) bond motifs is 1. The molecule has 0 spiro atoms. The Labute approximate surface area is 147 Å². The molecule has 1 aromatic carbocycles. The molecule has 1 aromatic heterocycles. The van der Waals surface area contributed by atoms with E-state index in [1.165, 1.54) is 5.56 Å². The number of benzene rings is 1. The van der Waals surface area contributed by atoms with Crippen molar-refractivity contribution < 1.29 is 9.59 Å². The Kier molecular flexibility index (Phi) is 4.11. The molecule has 0 atom stereocenters. The average molecular weight is 340 g/mol. The Hall–Kier alpha value is -2.50. The number of likely N-dealkylation sites (tertiary alicyclic amines) is 1. The Morgan fingerprint density at radius 2 is 2.04 bits per heavy atom. The molecule has 2 aromatic rings. The first-order valence-corrected chi connectivity index (χ1v) is 9.00. The van der Waals surface area contributed by atoms with E-state index in [-0.39, 0.29) is 18.0 Å². The van der Waals surface area contributed by atoms with E-state index in [1.54, 1.807) is 0 Å². The molecule has 25 heavy (non-hydrogen) atoms. The molecule has 6 nitrogen and oxygen atoms in total. The zero-order valence-corrected chi connectivity index (χ0v) is 14.5. The van der Waals surface area contributed by atoms with E-state index in [0.29, 0.717) is 6.42 Å². The lowest BCUT2D eigenvalue weighted by molar-refractivity contribution is -0.131. The standard InChI is InChI=1S/C19H24N4O2/c1-13-2-3-16-14(12-21-17(16)10-13)11-18(24)22-7-4-15(5-8-22)23-9-6-20-19(23)25/h2-3,10,12,15,21H,4-9,11H2,1H3,(H,20,25). The number of nitrogens with one attached hydrogen (secondary N) is 2. The number of carbonyl (C=O) groups is 2. The predicted octanol–water partition coefficient (Wildman–Crippen LogP) is 2.04. The van der Waals surface area contributed by atoms with Crippen molar-refractivity contribution in [3.05, 3.63) is 35.5 Å². The van der Waals surface area contributed by atoms with E-state index in [9.17, 15) is 9.59 Å². The van der Waals surface area contributed by atoms with Crippen LogP contribution >= 0.6 is 0 Å². The van der Waals surface area contributed by atoms with Crippen LogP contribution < -0.4 is 5.32 Å². The molecule has 3 heterocycles. The maximum absolute atomic E-state index is 12.7. The zero-order valence-electron chi connectivity index (χ0n) is 14.5. The molecule has 2 N–H and O–H groups in total. The van der Waals surface area contributed by atoms with E-state index in [2.05, 4.69) is 35.4 Å². The van der Waals surface area contributed by atoms with E-state index in [1.807, 2.05) is 16.0 Å². The minimum atomic E-state index is 0.0406. The second-order valence-corrected chi connectivity index (χ2v) is 7.08. The molecular formula is C19H24N4O2. The summed E-state index contributed by atoms with van der Waals surface area (Å²) in [4.78, 5) is 31.6. The first kappa shape index (κ1) is 16.0. The Balaban J connectivity index is 1.38. The van der Waals surface area contributed by atoms with Crippen molar-refractivity contribution in [2.24, 2.45) is 0 Å². The fourth-order valence-electron chi connectivity index (χ4n) is 3.98. The monoisotopic (exact) mass is 340 g/mol. The van der Waals surface area contributed by atoms with Gasteiger partial charge in [-0.3, -0.25) is 4.79 Å². The van der Waals surface area contributed by atoms with Crippen LogP contribution in [0, 0.1) is 6.92 Å². The molecule has 0 unspecified atom stereocenters. The van der Waals surface area contributed by atoms with Gasteiger partial charge in [-0.25, -0.2) is 4.79 Å². The minimum Gasteiger partial charge on any atom is -0.361 e. The number of aryl methyl sites for hydroxylation is 1. The highest BCUT2D eigenvalue weighted by molar-refractivity contribution is 5.89. The number of hydrogen-bond acceptors (Lipinski definition) is 2. The summed E-state index contributed by atoms with van der Waals surface area (Å²) in [5.41, 5.74) is 3.35. The van der Waals surface area contributed by atoms with Gasteiger partial charge in [-0.1, -0.05) is 12.1 Å². The number of aromatic nitrogens is 1. The van der Waals surface area contributed by atoms with Gasteiger partial charge in [-0.15, -0.1) is 0 Å². The lowest BCUT2D eigenvalue weighted by atomic mass is 10.0. The minimum absolute atomic E-state index is 0.0406. The van der Waals surface area contributed by atoms with Gasteiger partial charge in [0.1, 0.15) is 0 Å². The molecule has 0 aliphatic carbocycles. The number of nitrogens with zero attached hydrogens (tertiary/aromatic N) is 2. The van der Waals surface area contributed by atoms with Crippen LogP contribution in [0.5, 0.6) is 0 Å². The second kappa shape index (κ2) is 6.43. The van der Waals surface area contributed by atoms with Crippen LogP contribution in [-0.2, 0) is 11.2 Å². The molecular weight excluding hydrogens is 316 g/mol. The molecule has 2 aliphatic heterocycles. The molecule has 3 amide bonds. The van der Waals surface area contributed by atoms with Crippen LogP contribution in [0.3, 0.4) is 0 Å². The first-order valence-electron chi connectivity index (χ1n) is 9.00. The number of hydrogen-bond donors (Lipinski definition) is 2. The van der Waals surface area contributed by atoms with Crippen LogP contribution in [0.2, 0.25) is 0 Å². The quantitative estimate of drug-likeness (QED) is 0.898. The molecule has 2 fully saturated rings. The Bertz CT molecular complexity index is 805. The van der Waals surface area contributed by atoms with E-state index < -0.39 is 0 Å². The third kappa shape index (κ3) is 3.08. The highest BCUT2D eigenvalue weighted by Crippen LogP contribution is 2.22. The summed E-state index contributed by atoms with van der Waals surface area (Å²) in [7, 11) is 0. The summed E-state index contributed by atoms with van der Waals surface area (Å²) in [5.74, 6) is 0.172. The topological polar surface area (TPSA) is 68.4 Å². The SMILES string of the molecule is Cc1ccc2c(CC(=O)N3CCC(N4CCNC4=O)CC3)c[nH]c2c1. The number of carbonyl (C=O) groups excluding carboxylic acids is 2. The van der Waals surface area contributed by atoms with Gasteiger partial charge >= 0.3 is 6.03 Å². The summed E-state index contributed by atoms with van der Waals surface area (Å²) in [6, 6.07) is 6.58. The third-order valence-electron chi connectivity index (χ3n) is 5.41. The van der Waals surface area contributed by atoms with Crippen molar-refractivity contribution in [3.8, 4) is 0 Å². The fourth-order valence-corrected chi connectivity index (χ4v) is 3.98. The van der Waals surface area contributed by atoms with Gasteiger partial charge in [0.2, 0.25) is 5.91 Å². The van der Waals surface area contributed by atoms with E-state index in [0.717, 1.165) is 55.5 Å². The number of H-pyrrole nitrogens is 1. The van der Waals surface area contributed by atoms with Crippen molar-refractivity contribution in [3.63, 3.8) is 0 Å².